The first-order valence-electron chi connectivity index (χ1n) is 11.8. The van der Waals surface area contributed by atoms with Crippen molar-refractivity contribution in [1.29, 1.82) is 0 Å². The summed E-state index contributed by atoms with van der Waals surface area (Å²) in [7, 11) is -1.11. The van der Waals surface area contributed by atoms with E-state index in [2.05, 4.69) is 20.4 Å². The Balaban J connectivity index is 1.32. The highest BCUT2D eigenvalue weighted by Crippen LogP contribution is 2.34. The summed E-state index contributed by atoms with van der Waals surface area (Å²) in [5.74, 6) is 3.50. The number of aliphatic hydroxyl groups is 1. The topological polar surface area (TPSA) is 117 Å². The maximum Gasteiger partial charge on any atom is 0.230 e. The number of hydrogen-bond acceptors (Lipinski definition) is 9. The lowest BCUT2D eigenvalue weighted by atomic mass is 9.97. The molecule has 10 heteroatoms. The second-order valence-corrected chi connectivity index (χ2v) is 10.7. The van der Waals surface area contributed by atoms with E-state index in [4.69, 9.17) is 14.5 Å². The Hall–Kier alpha value is -2.85. The zero-order valence-electron chi connectivity index (χ0n) is 19.5. The molecule has 2 atom stereocenters. The molecule has 2 aliphatic rings. The third kappa shape index (κ3) is 4.56. The minimum Gasteiger partial charge on any atom is -0.394 e. The van der Waals surface area contributed by atoms with Crippen LogP contribution in [0.4, 0.5) is 11.8 Å². The first kappa shape index (κ1) is 22.9. The SMILES string of the molecule is CC(C)[C@H](CO)Nc1nc(N2CCC(c3nc(-c4ccccc4)no3)CC2)nc2c1S(=O)CC2. The maximum atomic E-state index is 12.6. The predicted molar refractivity (Wildman–Crippen MR) is 130 cm³/mol. The Kier molecular flexibility index (Phi) is 6.60. The Bertz CT molecular complexity index is 1160. The van der Waals surface area contributed by atoms with Gasteiger partial charge in [0.25, 0.3) is 0 Å². The molecule has 2 N–H and O–H groups in total. The van der Waals surface area contributed by atoms with E-state index < -0.39 is 10.8 Å². The van der Waals surface area contributed by atoms with Crippen LogP contribution in [0, 0.1) is 5.92 Å². The van der Waals surface area contributed by atoms with Crippen molar-refractivity contribution in [2.75, 3.05) is 35.7 Å². The summed E-state index contributed by atoms with van der Waals surface area (Å²) in [6, 6.07) is 9.67. The minimum atomic E-state index is -1.11. The van der Waals surface area contributed by atoms with E-state index in [1.165, 1.54) is 0 Å². The molecule has 0 bridgehead atoms. The molecule has 1 unspecified atom stereocenters. The second-order valence-electron chi connectivity index (χ2n) is 9.21. The van der Waals surface area contributed by atoms with Crippen molar-refractivity contribution in [2.24, 2.45) is 5.92 Å². The molecule has 180 valence electrons. The molecule has 2 aliphatic heterocycles. The number of rotatable bonds is 7. The number of piperidine rings is 1. The summed E-state index contributed by atoms with van der Waals surface area (Å²) in [4.78, 5) is 17.0. The van der Waals surface area contributed by atoms with Gasteiger partial charge in [-0.1, -0.05) is 49.3 Å². The van der Waals surface area contributed by atoms with Crippen molar-refractivity contribution >= 4 is 22.6 Å². The van der Waals surface area contributed by atoms with Gasteiger partial charge >= 0.3 is 0 Å². The summed E-state index contributed by atoms with van der Waals surface area (Å²) in [5, 5.41) is 17.3. The van der Waals surface area contributed by atoms with Crippen molar-refractivity contribution in [3.63, 3.8) is 0 Å². The molecule has 0 saturated carbocycles. The van der Waals surface area contributed by atoms with Crippen molar-refractivity contribution in [2.45, 2.75) is 50.0 Å². The molecule has 0 spiro atoms. The first-order valence-corrected chi connectivity index (χ1v) is 13.2. The fourth-order valence-electron chi connectivity index (χ4n) is 4.45. The lowest BCUT2D eigenvalue weighted by Gasteiger charge is -2.31. The van der Waals surface area contributed by atoms with Gasteiger partial charge in [0, 0.05) is 36.7 Å². The first-order chi connectivity index (χ1) is 16.5. The minimum absolute atomic E-state index is 0.0149. The van der Waals surface area contributed by atoms with Gasteiger partial charge in [-0.3, -0.25) is 4.21 Å². The van der Waals surface area contributed by atoms with Gasteiger partial charge in [0.15, 0.2) is 0 Å². The smallest absolute Gasteiger partial charge is 0.230 e. The van der Waals surface area contributed by atoms with E-state index in [1.54, 1.807) is 0 Å². The molecule has 5 rings (SSSR count). The Morgan fingerprint density at radius 3 is 2.65 bits per heavy atom. The molecule has 9 nitrogen and oxygen atoms in total. The van der Waals surface area contributed by atoms with Crippen molar-refractivity contribution in [1.82, 2.24) is 20.1 Å². The summed E-state index contributed by atoms with van der Waals surface area (Å²) < 4.78 is 18.2. The number of nitrogens with zero attached hydrogens (tertiary/aromatic N) is 5. The number of fused-ring (bicyclic) bond motifs is 1. The summed E-state index contributed by atoms with van der Waals surface area (Å²) in [6.07, 6.45) is 2.39. The van der Waals surface area contributed by atoms with Gasteiger partial charge in [0.2, 0.25) is 17.7 Å². The van der Waals surface area contributed by atoms with Crippen LogP contribution in [0.5, 0.6) is 0 Å². The lowest BCUT2D eigenvalue weighted by molar-refractivity contribution is 0.249. The highest BCUT2D eigenvalue weighted by molar-refractivity contribution is 7.85. The molecule has 1 saturated heterocycles. The largest absolute Gasteiger partial charge is 0.394 e. The molecule has 1 aromatic carbocycles. The number of aromatic nitrogens is 4. The average Bonchev–Trinajstić information content (AvgIpc) is 3.50. The van der Waals surface area contributed by atoms with Crippen LogP contribution in [0.25, 0.3) is 11.4 Å². The quantitative estimate of drug-likeness (QED) is 0.524. The zero-order valence-corrected chi connectivity index (χ0v) is 20.3. The fourth-order valence-corrected chi connectivity index (χ4v) is 5.77. The van der Waals surface area contributed by atoms with Crippen LogP contribution in [-0.4, -0.2) is 60.9 Å². The van der Waals surface area contributed by atoms with Gasteiger partial charge in [-0.15, -0.1) is 0 Å². The van der Waals surface area contributed by atoms with Crippen LogP contribution < -0.4 is 10.2 Å². The number of anilines is 2. The van der Waals surface area contributed by atoms with E-state index in [1.807, 2.05) is 44.2 Å². The van der Waals surface area contributed by atoms with Gasteiger partial charge in [-0.25, -0.2) is 4.98 Å². The number of benzene rings is 1. The summed E-state index contributed by atoms with van der Waals surface area (Å²) >= 11 is 0. The average molecular weight is 483 g/mol. The zero-order chi connectivity index (χ0) is 23.7. The van der Waals surface area contributed by atoms with Gasteiger partial charge in [0.05, 0.1) is 29.1 Å². The van der Waals surface area contributed by atoms with Crippen molar-refractivity contribution in [3.05, 3.63) is 41.9 Å². The third-order valence-corrected chi connectivity index (χ3v) is 8.06. The molecule has 4 heterocycles. The van der Waals surface area contributed by atoms with E-state index in [9.17, 15) is 9.32 Å². The summed E-state index contributed by atoms with van der Waals surface area (Å²) in [5.41, 5.74) is 1.79. The summed E-state index contributed by atoms with van der Waals surface area (Å²) in [6.45, 7) is 5.60. The Morgan fingerprint density at radius 2 is 1.94 bits per heavy atom. The molecular formula is C24H30N6O3S. The van der Waals surface area contributed by atoms with Gasteiger partial charge in [0.1, 0.15) is 10.7 Å². The number of aliphatic hydroxyl groups excluding tert-OH is 1. The van der Waals surface area contributed by atoms with Gasteiger partial charge in [-0.2, -0.15) is 9.97 Å². The molecule has 2 aromatic heterocycles. The number of aryl methyl sites for hydroxylation is 1. The molecule has 0 amide bonds. The number of hydrogen-bond donors (Lipinski definition) is 2. The predicted octanol–water partition coefficient (Wildman–Crippen LogP) is 3.00. The molecule has 34 heavy (non-hydrogen) atoms. The van der Waals surface area contributed by atoms with Crippen LogP contribution >= 0.6 is 0 Å². The molecule has 0 radical (unpaired) electrons. The maximum absolute atomic E-state index is 12.6. The molecule has 1 fully saturated rings. The second kappa shape index (κ2) is 9.79. The van der Waals surface area contributed by atoms with Crippen LogP contribution in [0.2, 0.25) is 0 Å². The normalized spacial score (nSPS) is 19.4. The van der Waals surface area contributed by atoms with Crippen molar-refractivity contribution < 1.29 is 13.8 Å². The van der Waals surface area contributed by atoms with E-state index in [0.29, 0.717) is 40.6 Å². The molecule has 3 aromatic rings. The fraction of sp³-hybridized carbons (Fsp3) is 0.500. The molecule has 0 aliphatic carbocycles. The van der Waals surface area contributed by atoms with Gasteiger partial charge < -0.3 is 19.8 Å². The van der Waals surface area contributed by atoms with Crippen molar-refractivity contribution in [3.8, 4) is 11.4 Å². The van der Waals surface area contributed by atoms with E-state index >= 15 is 0 Å². The van der Waals surface area contributed by atoms with Gasteiger partial charge in [-0.05, 0) is 18.8 Å². The monoisotopic (exact) mass is 482 g/mol. The Morgan fingerprint density at radius 1 is 1.18 bits per heavy atom. The standard InChI is InChI=1S/C24H30N6O3S/c1-15(2)19(14-31)25-22-20-18(10-13-34(20)32)26-24(28-22)30-11-8-17(9-12-30)23-27-21(29-33-23)16-6-4-3-5-7-16/h3-7,15,17,19,31H,8-14H2,1-2H3,(H,25,26,28)/t19-,34?/m0/s1. The highest BCUT2D eigenvalue weighted by Gasteiger charge is 2.31. The van der Waals surface area contributed by atoms with E-state index in [-0.39, 0.29) is 24.5 Å². The number of nitrogens with one attached hydrogen (secondary N) is 1. The third-order valence-electron chi connectivity index (χ3n) is 6.60. The van der Waals surface area contributed by atoms with E-state index in [0.717, 1.165) is 37.2 Å². The van der Waals surface area contributed by atoms with Crippen LogP contribution in [0.15, 0.2) is 39.8 Å². The van der Waals surface area contributed by atoms with Crippen LogP contribution in [0.3, 0.4) is 0 Å². The molecular weight excluding hydrogens is 452 g/mol. The highest BCUT2D eigenvalue weighted by atomic mass is 32.2. The van der Waals surface area contributed by atoms with Crippen LogP contribution in [-0.2, 0) is 17.2 Å². The lowest BCUT2D eigenvalue weighted by Crippen LogP contribution is -2.35. The van der Waals surface area contributed by atoms with Crippen LogP contribution in [0.1, 0.15) is 44.2 Å². The Labute approximate surface area is 201 Å².